The van der Waals surface area contributed by atoms with Gasteiger partial charge in [0.1, 0.15) is 0 Å². The van der Waals surface area contributed by atoms with Gasteiger partial charge in [-0.15, -0.1) is 0 Å². The van der Waals surface area contributed by atoms with Crippen LogP contribution < -0.4 is 5.32 Å². The predicted molar refractivity (Wildman–Crippen MR) is 66.7 cm³/mol. The lowest BCUT2D eigenvalue weighted by molar-refractivity contribution is -0.181. The summed E-state index contributed by atoms with van der Waals surface area (Å²) in [7, 11) is 0. The van der Waals surface area contributed by atoms with E-state index in [0.717, 1.165) is 13.1 Å². The molecule has 0 aromatic carbocycles. The molecule has 2 fully saturated rings. The van der Waals surface area contributed by atoms with Gasteiger partial charge in [0.15, 0.2) is 0 Å². The highest BCUT2D eigenvalue weighted by Gasteiger charge is 2.38. The summed E-state index contributed by atoms with van der Waals surface area (Å²) >= 11 is 0. The molecule has 2 saturated heterocycles. The summed E-state index contributed by atoms with van der Waals surface area (Å²) in [4.78, 5) is 2.56. The van der Waals surface area contributed by atoms with Crippen LogP contribution in [0, 0.1) is 0 Å². The van der Waals surface area contributed by atoms with Gasteiger partial charge in [0.05, 0.1) is 11.2 Å². The molecule has 1 unspecified atom stereocenters. The molecule has 1 N–H and O–H groups in total. The second-order valence-electron chi connectivity index (χ2n) is 6.58. The molecule has 2 heterocycles. The molecule has 0 saturated carbocycles. The first-order chi connectivity index (χ1) is 7.36. The Kier molecular flexibility index (Phi) is 3.30. The SMILES string of the molecule is CC1(C)CN(CC2CCCN2)CC(C)(C)O1. The van der Waals surface area contributed by atoms with E-state index < -0.39 is 0 Å². The van der Waals surface area contributed by atoms with E-state index in [0.29, 0.717) is 6.04 Å². The van der Waals surface area contributed by atoms with Crippen LogP contribution in [0.3, 0.4) is 0 Å². The molecule has 3 heteroatoms. The number of nitrogens with zero attached hydrogens (tertiary/aromatic N) is 1. The number of morpholine rings is 1. The van der Waals surface area contributed by atoms with Gasteiger partial charge < -0.3 is 10.1 Å². The van der Waals surface area contributed by atoms with E-state index in [4.69, 9.17) is 4.74 Å². The fourth-order valence-electron chi connectivity index (χ4n) is 3.30. The van der Waals surface area contributed by atoms with E-state index in [9.17, 15) is 0 Å². The van der Waals surface area contributed by atoms with Gasteiger partial charge in [-0.3, -0.25) is 4.90 Å². The summed E-state index contributed by atoms with van der Waals surface area (Å²) in [5.41, 5.74) is -0.0271. The Morgan fingerprint density at radius 1 is 1.19 bits per heavy atom. The molecule has 0 aliphatic carbocycles. The summed E-state index contributed by atoms with van der Waals surface area (Å²) in [6.07, 6.45) is 2.67. The van der Waals surface area contributed by atoms with Crippen molar-refractivity contribution in [2.45, 2.75) is 57.8 Å². The third kappa shape index (κ3) is 3.19. The van der Waals surface area contributed by atoms with Crippen molar-refractivity contribution in [3.05, 3.63) is 0 Å². The number of rotatable bonds is 2. The molecule has 2 aliphatic rings. The second-order valence-corrected chi connectivity index (χ2v) is 6.58. The Labute approximate surface area is 99.5 Å². The zero-order valence-corrected chi connectivity index (χ0v) is 11.2. The van der Waals surface area contributed by atoms with Crippen molar-refractivity contribution < 1.29 is 4.74 Å². The van der Waals surface area contributed by atoms with Crippen LogP contribution in [-0.2, 0) is 4.74 Å². The molecular formula is C13H26N2O. The maximum atomic E-state index is 6.09. The van der Waals surface area contributed by atoms with Crippen LogP contribution in [0.4, 0.5) is 0 Å². The van der Waals surface area contributed by atoms with Crippen molar-refractivity contribution in [1.82, 2.24) is 10.2 Å². The lowest BCUT2D eigenvalue weighted by Gasteiger charge is -2.47. The van der Waals surface area contributed by atoms with Gasteiger partial charge in [0, 0.05) is 25.7 Å². The summed E-state index contributed by atoms with van der Waals surface area (Å²) in [6, 6.07) is 0.699. The molecule has 2 aliphatic heterocycles. The first kappa shape index (κ1) is 12.3. The fourth-order valence-corrected chi connectivity index (χ4v) is 3.30. The molecule has 94 valence electrons. The molecule has 2 rings (SSSR count). The van der Waals surface area contributed by atoms with Gasteiger partial charge in [0.25, 0.3) is 0 Å². The quantitative estimate of drug-likeness (QED) is 0.774. The Hall–Kier alpha value is -0.120. The number of nitrogens with one attached hydrogen (secondary N) is 1. The van der Waals surface area contributed by atoms with Gasteiger partial charge >= 0.3 is 0 Å². The van der Waals surface area contributed by atoms with Gasteiger partial charge in [-0.25, -0.2) is 0 Å². The average Bonchev–Trinajstić information content (AvgIpc) is 2.49. The first-order valence-electron chi connectivity index (χ1n) is 6.52. The highest BCUT2D eigenvalue weighted by Crippen LogP contribution is 2.28. The van der Waals surface area contributed by atoms with Crippen LogP contribution in [0.5, 0.6) is 0 Å². The van der Waals surface area contributed by atoms with Crippen LogP contribution in [0.2, 0.25) is 0 Å². The molecule has 0 aromatic rings. The van der Waals surface area contributed by atoms with Gasteiger partial charge in [-0.05, 0) is 47.1 Å². The van der Waals surface area contributed by atoms with Crippen molar-refractivity contribution >= 4 is 0 Å². The molecule has 0 bridgehead atoms. The first-order valence-corrected chi connectivity index (χ1v) is 6.52. The summed E-state index contributed by atoms with van der Waals surface area (Å²) in [6.45, 7) is 13.3. The van der Waals surface area contributed by atoms with Crippen LogP contribution in [0.25, 0.3) is 0 Å². The number of ether oxygens (including phenoxy) is 1. The van der Waals surface area contributed by atoms with E-state index in [2.05, 4.69) is 37.9 Å². The van der Waals surface area contributed by atoms with Crippen molar-refractivity contribution in [3.63, 3.8) is 0 Å². The number of hydrogen-bond acceptors (Lipinski definition) is 3. The Morgan fingerprint density at radius 2 is 1.81 bits per heavy atom. The minimum Gasteiger partial charge on any atom is -0.367 e. The predicted octanol–water partition coefficient (Wildman–Crippen LogP) is 1.63. The molecule has 3 nitrogen and oxygen atoms in total. The van der Waals surface area contributed by atoms with Crippen LogP contribution in [-0.4, -0.2) is 48.3 Å². The van der Waals surface area contributed by atoms with Crippen LogP contribution in [0.15, 0.2) is 0 Å². The third-order valence-corrected chi connectivity index (χ3v) is 3.40. The minimum atomic E-state index is -0.0135. The highest BCUT2D eigenvalue weighted by molar-refractivity contribution is 4.91. The van der Waals surface area contributed by atoms with Gasteiger partial charge in [-0.1, -0.05) is 0 Å². The fraction of sp³-hybridized carbons (Fsp3) is 1.00. The third-order valence-electron chi connectivity index (χ3n) is 3.40. The second kappa shape index (κ2) is 4.28. The molecule has 1 atom stereocenters. The maximum absolute atomic E-state index is 6.09. The molecule has 0 spiro atoms. The summed E-state index contributed by atoms with van der Waals surface area (Å²) in [5.74, 6) is 0. The van der Waals surface area contributed by atoms with E-state index in [-0.39, 0.29) is 11.2 Å². The van der Waals surface area contributed by atoms with Crippen LogP contribution in [0.1, 0.15) is 40.5 Å². The smallest absolute Gasteiger partial charge is 0.0760 e. The van der Waals surface area contributed by atoms with E-state index in [1.54, 1.807) is 0 Å². The lowest BCUT2D eigenvalue weighted by Crippen LogP contribution is -2.58. The highest BCUT2D eigenvalue weighted by atomic mass is 16.5. The molecular weight excluding hydrogens is 200 g/mol. The van der Waals surface area contributed by atoms with Gasteiger partial charge in [0.2, 0.25) is 0 Å². The van der Waals surface area contributed by atoms with E-state index in [1.807, 2.05) is 0 Å². The number of hydrogen-bond donors (Lipinski definition) is 1. The molecule has 0 amide bonds. The van der Waals surface area contributed by atoms with E-state index in [1.165, 1.54) is 25.9 Å². The zero-order chi connectivity index (χ0) is 11.8. The Morgan fingerprint density at radius 3 is 2.31 bits per heavy atom. The van der Waals surface area contributed by atoms with Crippen molar-refractivity contribution in [2.24, 2.45) is 0 Å². The molecule has 0 aromatic heterocycles. The van der Waals surface area contributed by atoms with Crippen molar-refractivity contribution in [1.29, 1.82) is 0 Å². The van der Waals surface area contributed by atoms with Crippen LogP contribution >= 0.6 is 0 Å². The molecule has 16 heavy (non-hydrogen) atoms. The standard InChI is InChI=1S/C13H26N2O/c1-12(2)9-15(10-13(3,4)16-12)8-11-6-5-7-14-11/h11,14H,5-10H2,1-4H3. The monoisotopic (exact) mass is 226 g/mol. The molecule has 0 radical (unpaired) electrons. The summed E-state index contributed by atoms with van der Waals surface area (Å²) in [5, 5.41) is 3.58. The van der Waals surface area contributed by atoms with Gasteiger partial charge in [-0.2, -0.15) is 0 Å². The average molecular weight is 226 g/mol. The lowest BCUT2D eigenvalue weighted by atomic mass is 9.98. The normalized spacial score (nSPS) is 34.1. The Balaban J connectivity index is 1.93. The summed E-state index contributed by atoms with van der Waals surface area (Å²) < 4.78 is 6.09. The maximum Gasteiger partial charge on any atom is 0.0760 e. The van der Waals surface area contributed by atoms with Crippen molar-refractivity contribution in [3.8, 4) is 0 Å². The van der Waals surface area contributed by atoms with Crippen molar-refractivity contribution in [2.75, 3.05) is 26.2 Å². The topological polar surface area (TPSA) is 24.5 Å². The largest absolute Gasteiger partial charge is 0.367 e. The minimum absolute atomic E-state index is 0.0135. The Bertz CT molecular complexity index is 228. The zero-order valence-electron chi connectivity index (χ0n) is 11.2. The van der Waals surface area contributed by atoms with E-state index >= 15 is 0 Å².